The van der Waals surface area contributed by atoms with Crippen LogP contribution >= 0.6 is 0 Å². The average molecular weight is 1850 g/mol. The van der Waals surface area contributed by atoms with Crippen molar-refractivity contribution in [2.24, 2.45) is 25.8 Å². The van der Waals surface area contributed by atoms with Gasteiger partial charge in [-0.1, -0.05) is 218 Å². The summed E-state index contributed by atoms with van der Waals surface area (Å²) in [7, 11) is 0. The summed E-state index contributed by atoms with van der Waals surface area (Å²) in [6, 6.07) is 20.0. The van der Waals surface area contributed by atoms with Crippen molar-refractivity contribution in [3.8, 4) is 0 Å². The molecule has 724 valence electrons. The predicted octanol–water partition coefficient (Wildman–Crippen LogP) is 24.6. The van der Waals surface area contributed by atoms with Gasteiger partial charge in [0.05, 0.1) is 63.0 Å². The van der Waals surface area contributed by atoms with Gasteiger partial charge in [0.15, 0.2) is 0 Å². The molecule has 23 nitrogen and oxygen atoms in total. The molecule has 1 fully saturated rings. The van der Waals surface area contributed by atoms with E-state index in [1.165, 1.54) is 0 Å². The van der Waals surface area contributed by atoms with Gasteiger partial charge in [0.25, 0.3) is 0 Å². The van der Waals surface area contributed by atoms with Gasteiger partial charge in [-0.05, 0) is 274 Å². The number of nitrogens with zero attached hydrogens (tertiary/aromatic N) is 5. The molecule has 0 aromatic heterocycles. The molecular weight excluding hydrogens is 1700 g/mol. The molecule has 5 aromatic carbocycles. The van der Waals surface area contributed by atoms with Crippen LogP contribution in [-0.4, -0.2) is 138 Å². The fraction of sp³-hybridized carbons (Fsp3) is 0.438. The Morgan fingerprint density at radius 1 is 0.370 bits per heavy atom. The number of carboxylic acid groups (broad SMARTS) is 1. The Balaban J connectivity index is 0.000000231. The molecule has 23 heteroatoms. The van der Waals surface area contributed by atoms with E-state index in [1.807, 2.05) is 226 Å². The van der Waals surface area contributed by atoms with E-state index in [-0.39, 0.29) is 66.7 Å². The minimum Gasteiger partial charge on any atom is -0.479 e. The van der Waals surface area contributed by atoms with Gasteiger partial charge in [0.2, 0.25) is 12.9 Å². The number of esters is 5. The lowest BCUT2D eigenvalue weighted by molar-refractivity contribution is -0.162. The molecule has 6 atom stereocenters. The van der Waals surface area contributed by atoms with E-state index in [0.717, 1.165) is 203 Å². The van der Waals surface area contributed by atoms with Crippen LogP contribution in [0.4, 0.5) is 0 Å². The first-order valence-electron chi connectivity index (χ1n) is 47.5. The Kier molecular flexibility index (Phi) is 48.5. The molecule has 0 radical (unpaired) electrons. The minimum absolute atomic E-state index is 0.151. The molecule has 6 aliphatic heterocycles. The number of aryl methyl sites for hydroxylation is 10. The second kappa shape index (κ2) is 59.9. The second-order valence-electron chi connectivity index (χ2n) is 35.0. The highest BCUT2D eigenvalue weighted by molar-refractivity contribution is 6.04. The molecular formula is C112H143N5O18. The molecule has 6 unspecified atom stereocenters. The van der Waals surface area contributed by atoms with Crippen molar-refractivity contribution in [2.45, 2.75) is 295 Å². The largest absolute Gasteiger partial charge is 0.479 e. The summed E-state index contributed by atoms with van der Waals surface area (Å²) in [5, 5.41) is 38.3. The highest BCUT2D eigenvalue weighted by Gasteiger charge is 2.27. The molecule has 0 aliphatic carbocycles. The second-order valence-corrected chi connectivity index (χ2v) is 35.0. The number of rotatable bonds is 10. The minimum atomic E-state index is -1.09. The van der Waals surface area contributed by atoms with Crippen molar-refractivity contribution in [1.82, 2.24) is 0 Å². The predicted molar refractivity (Wildman–Crippen MR) is 538 cm³/mol. The van der Waals surface area contributed by atoms with Crippen molar-refractivity contribution in [3.63, 3.8) is 0 Å². The van der Waals surface area contributed by atoms with Gasteiger partial charge in [0, 0.05) is 70.6 Å². The van der Waals surface area contributed by atoms with Crippen LogP contribution in [-0.2, 0) is 84.7 Å². The SMILES string of the molecule is C=CCON=C1/C=C/CC/C=C/CC(C)OC(=O)c2c(C)cc(C)cc2C1.CCON=C1/C=C/CC/C=C/CC(C)OC(=O)c2c(C)cc(C)cc2C1.Cc1cc(C)c2c(c1)CC(=NO)/C=C/CC/C=C/CC(C)OC2=O.Cc1cc(C)c2c(c1)CC(=NOC1CCCCO1)/C=C/CC/C=C/CC(C)OC2=O.Cc1cc(C)c2c(c1)CC(=NOCC(=O)O)/C=C/CC/C=C/CC(C)OC2=O. The summed E-state index contributed by atoms with van der Waals surface area (Å²) in [6.07, 6.45) is 59.1. The van der Waals surface area contributed by atoms with E-state index in [1.54, 1.807) is 6.08 Å². The lowest BCUT2D eigenvalue weighted by Crippen LogP contribution is -2.21. The maximum Gasteiger partial charge on any atom is 0.344 e. The molecule has 11 rings (SSSR count). The van der Waals surface area contributed by atoms with Gasteiger partial charge < -0.3 is 58.1 Å². The number of fused-ring (bicyclic) bond motifs is 5. The van der Waals surface area contributed by atoms with E-state index in [0.29, 0.717) is 104 Å². The van der Waals surface area contributed by atoms with Crippen molar-refractivity contribution in [2.75, 3.05) is 26.4 Å². The number of cyclic esters (lactones) is 5. The molecule has 2 N–H and O–H groups in total. The molecule has 0 amide bonds. The number of carbonyl (C=O) groups excluding carboxylic acids is 5. The summed E-state index contributed by atoms with van der Waals surface area (Å²) >= 11 is 0. The van der Waals surface area contributed by atoms with Crippen LogP contribution in [0.5, 0.6) is 0 Å². The molecule has 0 saturated carbocycles. The fourth-order valence-corrected chi connectivity index (χ4v) is 16.0. The van der Waals surface area contributed by atoms with Crippen LogP contribution in [0.1, 0.15) is 292 Å². The van der Waals surface area contributed by atoms with Crippen molar-refractivity contribution >= 4 is 64.4 Å². The molecule has 5 aromatic rings. The number of carboxylic acids is 1. The van der Waals surface area contributed by atoms with E-state index in [2.05, 4.69) is 99.2 Å². The highest BCUT2D eigenvalue weighted by Crippen LogP contribution is 2.29. The summed E-state index contributed by atoms with van der Waals surface area (Å²) in [6.45, 7) is 35.9. The number of hydrogen-bond donors (Lipinski definition) is 2. The van der Waals surface area contributed by atoms with E-state index in [9.17, 15) is 34.0 Å². The monoisotopic (exact) mass is 1850 g/mol. The van der Waals surface area contributed by atoms with Crippen LogP contribution in [0.2, 0.25) is 0 Å². The highest BCUT2D eigenvalue weighted by atomic mass is 16.8. The Hall–Kier alpha value is -12.6. The van der Waals surface area contributed by atoms with Crippen molar-refractivity contribution < 1.29 is 86.9 Å². The van der Waals surface area contributed by atoms with Crippen molar-refractivity contribution in [3.05, 3.63) is 306 Å². The Labute approximate surface area is 800 Å². The molecule has 135 heavy (non-hydrogen) atoms. The molecule has 6 aliphatic rings. The van der Waals surface area contributed by atoms with Gasteiger partial charge in [0.1, 0.15) is 43.7 Å². The van der Waals surface area contributed by atoms with Gasteiger partial charge >= 0.3 is 35.8 Å². The first-order valence-corrected chi connectivity index (χ1v) is 47.5. The quantitative estimate of drug-likeness (QED) is 0.0328. The molecule has 0 bridgehead atoms. The molecule has 6 heterocycles. The van der Waals surface area contributed by atoms with Crippen LogP contribution in [0, 0.1) is 69.2 Å². The first kappa shape index (κ1) is 109. The number of oxime groups is 5. The molecule has 1 saturated heterocycles. The third kappa shape index (κ3) is 40.2. The zero-order chi connectivity index (χ0) is 98.0. The van der Waals surface area contributed by atoms with Gasteiger partial charge in [-0.3, -0.25) is 0 Å². The van der Waals surface area contributed by atoms with E-state index in [4.69, 9.17) is 52.9 Å². The zero-order valence-electron chi connectivity index (χ0n) is 82.3. The van der Waals surface area contributed by atoms with Gasteiger partial charge in [-0.15, -0.1) is 0 Å². The van der Waals surface area contributed by atoms with Gasteiger partial charge in [-0.25, -0.2) is 28.8 Å². The third-order valence-corrected chi connectivity index (χ3v) is 22.1. The summed E-state index contributed by atoms with van der Waals surface area (Å²) < 4.78 is 34.0. The maximum atomic E-state index is 13.0. The number of carbonyl (C=O) groups is 6. The standard InChI is InChI=1S/C25H33NO4.C23H29NO3.C22H27NO5.C22H29NO3.C20H25NO3/c1-18-15-19(2)24-21(16-18)17-22(26-30-23-13-9-10-14-28-23)12-8-6-4-5-7-11-20(3)29-25(24)27;1-5-13-26-24-21-12-10-8-6-7-9-11-19(4)27-23(25)22-18(3)14-17(2)15-20(22)16-21;1-15-11-16(2)21-18(12-15)13-19(23-27-14-20(24)25)10-8-6-4-5-7-9-17(3)28-22(21)26;1-5-25-23-20-12-10-8-6-7-9-11-18(4)26-22(24)21-17(3)13-16(2)14-19(21)15-20;1-14-11-15(2)19-17(12-14)13-18(21-23)10-8-6-4-5-7-9-16(3)24-20(19)22/h5,7-8,12,15-16,20,23H,4,6,9-11,13-14,17H2,1-3H3;5,7,9-10,12,14-15,19H,1,6,8,11,13,16H2,2-4H3;5,7-8,10-12,17H,4,6,9,13-14H2,1-3H3,(H,24,25);7,9-10,12-14,18H,5-6,8,11,15H2,1-4H3;5,7-8,10-12,16,23H,4,6,9,13H2,1-3H3/b7-5+,12-8+,26-22?;9-7+,12-10+,24-21?;7-5+,10-8+,23-19?;9-7+,12-10+,23-20?;7-5+,10-8+,21-18?. The number of ether oxygens (including phenoxy) is 6. The lowest BCUT2D eigenvalue weighted by Gasteiger charge is -2.20. The number of aliphatic carboxylic acids is 1. The lowest BCUT2D eigenvalue weighted by atomic mass is 9.95. The summed E-state index contributed by atoms with van der Waals surface area (Å²) in [5.74, 6) is -2.60. The number of allylic oxidation sites excluding steroid dienone is 15. The first-order chi connectivity index (χ1) is 64.9. The van der Waals surface area contributed by atoms with Crippen molar-refractivity contribution in [1.29, 1.82) is 0 Å². The average Bonchev–Trinajstić information content (AvgIpc) is 0.864. The van der Waals surface area contributed by atoms with Crippen LogP contribution in [0.3, 0.4) is 0 Å². The van der Waals surface area contributed by atoms with E-state index < -0.39 is 12.6 Å². The Bertz CT molecular complexity index is 5290. The van der Waals surface area contributed by atoms with Crippen LogP contribution < -0.4 is 0 Å². The maximum absolute atomic E-state index is 13.0. The molecule has 0 spiro atoms. The topological polar surface area (TPSA) is 297 Å². The van der Waals surface area contributed by atoms with Crippen LogP contribution in [0.15, 0.2) is 221 Å². The third-order valence-electron chi connectivity index (χ3n) is 22.1. The Morgan fingerprint density at radius 3 is 0.904 bits per heavy atom. The zero-order valence-corrected chi connectivity index (χ0v) is 82.3. The van der Waals surface area contributed by atoms with Gasteiger partial charge in [-0.2, -0.15) is 0 Å². The van der Waals surface area contributed by atoms with Crippen LogP contribution in [0.25, 0.3) is 0 Å². The number of hydrogen-bond acceptors (Lipinski definition) is 22. The normalized spacial score (nSPS) is 23.6. The summed E-state index contributed by atoms with van der Waals surface area (Å²) in [5.41, 5.74) is 20.7. The number of benzene rings is 5. The smallest absolute Gasteiger partial charge is 0.344 e. The Morgan fingerprint density at radius 2 is 0.637 bits per heavy atom. The van der Waals surface area contributed by atoms with E-state index >= 15 is 0 Å². The summed E-state index contributed by atoms with van der Waals surface area (Å²) in [4.78, 5) is 96.0. The fourth-order valence-electron chi connectivity index (χ4n) is 16.0.